The molecule has 1 heterocycles. The number of aliphatic carboxylic acids is 1. The van der Waals surface area contributed by atoms with Gasteiger partial charge in [-0.1, -0.05) is 17.7 Å². The summed E-state index contributed by atoms with van der Waals surface area (Å²) in [5.41, 5.74) is 0. The Hall–Kier alpha value is -1.79. The molecule has 2 rings (SSSR count). The summed E-state index contributed by atoms with van der Waals surface area (Å²) in [6.45, 7) is 0.829. The second-order valence-electron chi connectivity index (χ2n) is 4.43. The quantitative estimate of drug-likeness (QED) is 0.832. The van der Waals surface area contributed by atoms with Gasteiger partial charge in [-0.05, 0) is 18.2 Å². The van der Waals surface area contributed by atoms with Crippen molar-refractivity contribution < 1.29 is 19.4 Å². The molecule has 0 saturated carbocycles. The lowest BCUT2D eigenvalue weighted by molar-refractivity contribution is -0.146. The highest BCUT2D eigenvalue weighted by atomic mass is 35.5. The monoisotopic (exact) mass is 298 g/mol. The highest BCUT2D eigenvalue weighted by molar-refractivity contribution is 6.30. The van der Waals surface area contributed by atoms with Gasteiger partial charge in [-0.15, -0.1) is 0 Å². The number of carboxylic acid groups (broad SMARTS) is 1. The van der Waals surface area contributed by atoms with E-state index in [4.69, 9.17) is 21.4 Å². The first-order chi connectivity index (χ1) is 9.56. The van der Waals surface area contributed by atoms with Crippen LogP contribution in [0.25, 0.3) is 0 Å². The zero-order valence-corrected chi connectivity index (χ0v) is 11.5. The topological polar surface area (TPSA) is 78.9 Å². The molecule has 1 fully saturated rings. The molecule has 7 heteroatoms. The van der Waals surface area contributed by atoms with E-state index in [1.165, 1.54) is 0 Å². The maximum Gasteiger partial charge on any atom is 0.322 e. The minimum atomic E-state index is -0.951. The summed E-state index contributed by atoms with van der Waals surface area (Å²) in [4.78, 5) is 24.0. The van der Waals surface area contributed by atoms with Crippen LogP contribution in [0.2, 0.25) is 5.02 Å². The van der Waals surface area contributed by atoms with E-state index < -0.39 is 12.0 Å². The number of rotatable bonds is 5. The molecule has 0 bridgehead atoms. The number of nitrogens with one attached hydrogen (secondary N) is 1. The first-order valence-corrected chi connectivity index (χ1v) is 6.56. The van der Waals surface area contributed by atoms with Crippen molar-refractivity contribution in [3.05, 3.63) is 29.3 Å². The van der Waals surface area contributed by atoms with Crippen LogP contribution in [0.4, 0.5) is 0 Å². The molecule has 1 aliphatic heterocycles. The summed E-state index contributed by atoms with van der Waals surface area (Å²) < 4.78 is 5.50. The van der Waals surface area contributed by atoms with Crippen LogP contribution < -0.4 is 10.1 Å². The summed E-state index contributed by atoms with van der Waals surface area (Å²) in [5.74, 6) is -0.510. The normalized spacial score (nSPS) is 19.4. The highest BCUT2D eigenvalue weighted by Gasteiger charge is 2.31. The lowest BCUT2D eigenvalue weighted by Gasteiger charge is -2.32. The molecular formula is C13H15ClN2O4. The van der Waals surface area contributed by atoms with Gasteiger partial charge >= 0.3 is 5.97 Å². The summed E-state index contributed by atoms with van der Waals surface area (Å²) in [5, 5.41) is 12.2. The predicted octanol–water partition coefficient (Wildman–Crippen LogP) is 0.604. The third-order valence-corrected chi connectivity index (χ3v) is 3.24. The van der Waals surface area contributed by atoms with E-state index in [0.717, 1.165) is 0 Å². The largest absolute Gasteiger partial charge is 0.492 e. The molecule has 0 spiro atoms. The highest BCUT2D eigenvalue weighted by Crippen LogP contribution is 2.17. The van der Waals surface area contributed by atoms with Crippen LogP contribution >= 0.6 is 11.6 Å². The van der Waals surface area contributed by atoms with E-state index in [2.05, 4.69) is 5.32 Å². The summed E-state index contributed by atoms with van der Waals surface area (Å²) in [6.07, 6.45) is 0. The van der Waals surface area contributed by atoms with E-state index >= 15 is 0 Å². The second-order valence-corrected chi connectivity index (χ2v) is 4.87. The Labute approximate surface area is 121 Å². The molecule has 0 aromatic heterocycles. The Morgan fingerprint density at radius 2 is 2.35 bits per heavy atom. The molecule has 1 amide bonds. The fraction of sp³-hybridized carbons (Fsp3) is 0.385. The number of benzene rings is 1. The average molecular weight is 299 g/mol. The van der Waals surface area contributed by atoms with Crippen molar-refractivity contribution in [1.29, 1.82) is 0 Å². The van der Waals surface area contributed by atoms with E-state index in [9.17, 15) is 9.59 Å². The van der Waals surface area contributed by atoms with E-state index in [0.29, 0.717) is 17.3 Å². The predicted molar refractivity (Wildman–Crippen MR) is 73.0 cm³/mol. The number of piperazine rings is 1. The maximum atomic E-state index is 11.3. The zero-order valence-electron chi connectivity index (χ0n) is 10.7. The molecular weight excluding hydrogens is 284 g/mol. The van der Waals surface area contributed by atoms with E-state index in [1.807, 2.05) is 0 Å². The fourth-order valence-corrected chi connectivity index (χ4v) is 2.19. The van der Waals surface area contributed by atoms with Gasteiger partial charge in [-0.25, -0.2) is 0 Å². The Bertz CT molecular complexity index is 509. The fourth-order valence-electron chi connectivity index (χ4n) is 2.01. The third-order valence-electron chi connectivity index (χ3n) is 3.01. The summed E-state index contributed by atoms with van der Waals surface area (Å²) in [6, 6.07) is 6.24. The summed E-state index contributed by atoms with van der Waals surface area (Å²) in [7, 11) is 0. The number of ether oxygens (including phenoxy) is 1. The Morgan fingerprint density at radius 3 is 3.05 bits per heavy atom. The molecule has 1 atom stereocenters. The Morgan fingerprint density at radius 1 is 1.55 bits per heavy atom. The molecule has 0 aliphatic carbocycles. The van der Waals surface area contributed by atoms with Crippen molar-refractivity contribution in [2.75, 3.05) is 26.2 Å². The number of carbonyl (C=O) groups is 2. The number of halogens is 1. The van der Waals surface area contributed by atoms with Crippen LogP contribution in [0.3, 0.4) is 0 Å². The molecule has 1 aliphatic rings. The van der Waals surface area contributed by atoms with E-state index in [1.54, 1.807) is 29.2 Å². The van der Waals surface area contributed by atoms with Gasteiger partial charge in [-0.2, -0.15) is 0 Å². The van der Waals surface area contributed by atoms with Crippen LogP contribution in [-0.2, 0) is 9.59 Å². The minimum absolute atomic E-state index is 0.0653. The van der Waals surface area contributed by atoms with Crippen molar-refractivity contribution in [3.63, 3.8) is 0 Å². The molecule has 6 nitrogen and oxygen atoms in total. The first kappa shape index (κ1) is 14.6. The molecule has 2 N–H and O–H groups in total. The number of carboxylic acids is 1. The van der Waals surface area contributed by atoms with Crippen molar-refractivity contribution in [2.45, 2.75) is 6.04 Å². The van der Waals surface area contributed by atoms with Gasteiger partial charge in [0, 0.05) is 18.1 Å². The molecule has 108 valence electrons. The molecule has 1 unspecified atom stereocenters. The number of hydrogen-bond acceptors (Lipinski definition) is 4. The van der Waals surface area contributed by atoms with Gasteiger partial charge in [0.1, 0.15) is 18.4 Å². The van der Waals surface area contributed by atoms with Crippen molar-refractivity contribution >= 4 is 23.5 Å². The SMILES string of the molecule is O=C1CN(CCOc2cccc(Cl)c2)C(C(=O)O)CN1. The number of nitrogens with zero attached hydrogens (tertiary/aromatic N) is 1. The van der Waals surface area contributed by atoms with Crippen LogP contribution in [-0.4, -0.2) is 54.2 Å². The Kier molecular flexibility index (Phi) is 4.81. The minimum Gasteiger partial charge on any atom is -0.492 e. The van der Waals surface area contributed by atoms with Crippen LogP contribution in [0, 0.1) is 0 Å². The van der Waals surface area contributed by atoms with Crippen LogP contribution in [0.5, 0.6) is 5.75 Å². The van der Waals surface area contributed by atoms with Gasteiger partial charge in [0.15, 0.2) is 0 Å². The summed E-state index contributed by atoms with van der Waals surface area (Å²) >= 11 is 5.84. The van der Waals surface area contributed by atoms with Gasteiger partial charge in [0.05, 0.1) is 6.54 Å². The van der Waals surface area contributed by atoms with Gasteiger partial charge in [0.25, 0.3) is 0 Å². The molecule has 1 aromatic rings. The number of carbonyl (C=O) groups excluding carboxylic acids is 1. The smallest absolute Gasteiger partial charge is 0.322 e. The average Bonchev–Trinajstić information content (AvgIpc) is 2.38. The second kappa shape index (κ2) is 6.58. The maximum absolute atomic E-state index is 11.3. The van der Waals surface area contributed by atoms with Crippen molar-refractivity contribution in [2.24, 2.45) is 0 Å². The van der Waals surface area contributed by atoms with Gasteiger partial charge in [0.2, 0.25) is 5.91 Å². The molecule has 1 saturated heterocycles. The molecule has 1 aromatic carbocycles. The lowest BCUT2D eigenvalue weighted by Crippen LogP contribution is -2.58. The van der Waals surface area contributed by atoms with E-state index in [-0.39, 0.29) is 25.6 Å². The Balaban J connectivity index is 1.88. The lowest BCUT2D eigenvalue weighted by atomic mass is 10.2. The first-order valence-electron chi connectivity index (χ1n) is 6.18. The van der Waals surface area contributed by atoms with Crippen molar-refractivity contribution in [3.8, 4) is 5.75 Å². The van der Waals surface area contributed by atoms with Gasteiger partial charge in [-0.3, -0.25) is 14.5 Å². The molecule has 20 heavy (non-hydrogen) atoms. The molecule has 0 radical (unpaired) electrons. The number of amides is 1. The third kappa shape index (κ3) is 3.85. The van der Waals surface area contributed by atoms with Crippen LogP contribution in [0.1, 0.15) is 0 Å². The number of hydrogen-bond donors (Lipinski definition) is 2. The van der Waals surface area contributed by atoms with Gasteiger partial charge < -0.3 is 15.2 Å². The van der Waals surface area contributed by atoms with Crippen molar-refractivity contribution in [1.82, 2.24) is 10.2 Å². The zero-order chi connectivity index (χ0) is 14.5. The standard InChI is InChI=1S/C13H15ClN2O4/c14-9-2-1-3-10(6-9)20-5-4-16-8-12(17)15-7-11(16)13(18)19/h1-3,6,11H,4-5,7-8H2,(H,15,17)(H,18,19). The van der Waals surface area contributed by atoms with Crippen LogP contribution in [0.15, 0.2) is 24.3 Å².